The third-order valence-corrected chi connectivity index (χ3v) is 3.63. The van der Waals surface area contributed by atoms with E-state index in [-0.39, 0.29) is 11.8 Å². The summed E-state index contributed by atoms with van der Waals surface area (Å²) in [4.78, 5) is 23.9. The molecule has 0 aliphatic rings. The van der Waals surface area contributed by atoms with Gasteiger partial charge in [-0.1, -0.05) is 27.6 Å². The molecule has 2 amide bonds. The van der Waals surface area contributed by atoms with Crippen LogP contribution in [0.1, 0.15) is 22.8 Å². The average molecular weight is 377 g/mol. The van der Waals surface area contributed by atoms with Crippen molar-refractivity contribution >= 4 is 39.1 Å². The Bertz CT molecular complexity index is 759. The zero-order valence-electron chi connectivity index (χ0n) is 13.1. The molecule has 2 aromatic rings. The molecule has 0 aliphatic carbocycles. The van der Waals surface area contributed by atoms with Gasteiger partial charge in [-0.15, -0.1) is 0 Å². The van der Waals surface area contributed by atoms with Gasteiger partial charge >= 0.3 is 0 Å². The summed E-state index contributed by atoms with van der Waals surface area (Å²) in [5, 5.41) is 5.50. The number of carbonyl (C=O) groups excluding carboxylic acids is 2. The number of ether oxygens (including phenoxy) is 1. The standard InChI is InChI=1S/C17H17BrN2O3/c1-10-4-7-16(23-3)13(8-10)17(22)20-15-9-12(18)5-6-14(15)19-11(2)21/h4-9H,1-3H3,(H,19,21)(H,20,22). The molecule has 23 heavy (non-hydrogen) atoms. The van der Waals surface area contributed by atoms with Gasteiger partial charge < -0.3 is 15.4 Å². The number of methoxy groups -OCH3 is 1. The van der Waals surface area contributed by atoms with Crippen LogP contribution in [0.3, 0.4) is 0 Å². The molecule has 0 saturated carbocycles. The van der Waals surface area contributed by atoms with E-state index in [2.05, 4.69) is 26.6 Å². The summed E-state index contributed by atoms with van der Waals surface area (Å²) in [7, 11) is 1.52. The van der Waals surface area contributed by atoms with E-state index in [4.69, 9.17) is 4.74 Å². The number of carbonyl (C=O) groups is 2. The van der Waals surface area contributed by atoms with Gasteiger partial charge in [0.2, 0.25) is 5.91 Å². The lowest BCUT2D eigenvalue weighted by molar-refractivity contribution is -0.114. The predicted octanol–water partition coefficient (Wildman–Crippen LogP) is 3.98. The normalized spacial score (nSPS) is 10.1. The number of benzene rings is 2. The Morgan fingerprint density at radius 3 is 2.43 bits per heavy atom. The predicted molar refractivity (Wildman–Crippen MR) is 94.1 cm³/mol. The Morgan fingerprint density at radius 1 is 1.04 bits per heavy atom. The van der Waals surface area contributed by atoms with E-state index in [0.717, 1.165) is 10.0 Å². The van der Waals surface area contributed by atoms with E-state index in [1.165, 1.54) is 14.0 Å². The molecule has 6 heteroatoms. The van der Waals surface area contributed by atoms with E-state index in [0.29, 0.717) is 22.7 Å². The molecule has 5 nitrogen and oxygen atoms in total. The monoisotopic (exact) mass is 376 g/mol. The van der Waals surface area contributed by atoms with Crippen molar-refractivity contribution in [2.24, 2.45) is 0 Å². The summed E-state index contributed by atoms with van der Waals surface area (Å²) >= 11 is 3.36. The van der Waals surface area contributed by atoms with Crippen LogP contribution in [-0.2, 0) is 4.79 Å². The molecule has 2 N–H and O–H groups in total. The highest BCUT2D eigenvalue weighted by atomic mass is 79.9. The summed E-state index contributed by atoms with van der Waals surface area (Å²) in [6.45, 7) is 3.31. The maximum atomic E-state index is 12.6. The van der Waals surface area contributed by atoms with Crippen molar-refractivity contribution in [3.8, 4) is 5.75 Å². The summed E-state index contributed by atoms with van der Waals surface area (Å²) < 4.78 is 6.03. The van der Waals surface area contributed by atoms with Crippen LogP contribution in [0.5, 0.6) is 5.75 Å². The van der Waals surface area contributed by atoms with Crippen LogP contribution in [0, 0.1) is 6.92 Å². The Kier molecular flexibility index (Phi) is 5.39. The molecule has 0 spiro atoms. The molecule has 0 bridgehead atoms. The molecule has 0 unspecified atom stereocenters. The van der Waals surface area contributed by atoms with Gasteiger partial charge in [-0.25, -0.2) is 0 Å². The van der Waals surface area contributed by atoms with Crippen LogP contribution in [0.4, 0.5) is 11.4 Å². The highest BCUT2D eigenvalue weighted by Crippen LogP contribution is 2.28. The van der Waals surface area contributed by atoms with E-state index >= 15 is 0 Å². The fraction of sp³-hybridized carbons (Fsp3) is 0.176. The fourth-order valence-corrected chi connectivity index (χ4v) is 2.47. The van der Waals surface area contributed by atoms with E-state index in [1.54, 1.807) is 30.3 Å². The minimum Gasteiger partial charge on any atom is -0.496 e. The molecule has 120 valence electrons. The molecular formula is C17H17BrN2O3. The van der Waals surface area contributed by atoms with Crippen LogP contribution in [0.15, 0.2) is 40.9 Å². The third-order valence-electron chi connectivity index (χ3n) is 3.14. The molecule has 0 fully saturated rings. The van der Waals surface area contributed by atoms with E-state index in [9.17, 15) is 9.59 Å². The quantitative estimate of drug-likeness (QED) is 0.847. The van der Waals surface area contributed by atoms with Gasteiger partial charge in [0, 0.05) is 11.4 Å². The lowest BCUT2D eigenvalue weighted by Gasteiger charge is -2.14. The topological polar surface area (TPSA) is 67.4 Å². The van der Waals surface area contributed by atoms with Crippen molar-refractivity contribution in [2.75, 3.05) is 17.7 Å². The molecule has 0 aliphatic heterocycles. The van der Waals surface area contributed by atoms with Crippen LogP contribution >= 0.6 is 15.9 Å². The maximum absolute atomic E-state index is 12.6. The fourth-order valence-electron chi connectivity index (χ4n) is 2.11. The second-order valence-corrected chi connectivity index (χ2v) is 5.94. The van der Waals surface area contributed by atoms with Gasteiger partial charge in [0.15, 0.2) is 0 Å². The molecule has 0 atom stereocenters. The highest BCUT2D eigenvalue weighted by Gasteiger charge is 2.15. The van der Waals surface area contributed by atoms with Crippen molar-refractivity contribution in [3.63, 3.8) is 0 Å². The molecule has 0 radical (unpaired) electrons. The zero-order valence-corrected chi connectivity index (χ0v) is 14.7. The number of halogens is 1. The van der Waals surface area contributed by atoms with Crippen LogP contribution < -0.4 is 15.4 Å². The Labute approximate surface area is 143 Å². The summed E-state index contributed by atoms with van der Waals surface area (Å²) in [6.07, 6.45) is 0. The largest absolute Gasteiger partial charge is 0.496 e. The second-order valence-electron chi connectivity index (χ2n) is 5.03. The summed E-state index contributed by atoms with van der Waals surface area (Å²) in [5.74, 6) is -0.0321. The van der Waals surface area contributed by atoms with Crippen molar-refractivity contribution in [3.05, 3.63) is 52.0 Å². The van der Waals surface area contributed by atoms with Gasteiger partial charge in [-0.2, -0.15) is 0 Å². The minimum atomic E-state index is -0.310. The highest BCUT2D eigenvalue weighted by molar-refractivity contribution is 9.10. The Balaban J connectivity index is 2.35. The maximum Gasteiger partial charge on any atom is 0.259 e. The molecule has 0 heterocycles. The first-order valence-electron chi connectivity index (χ1n) is 6.94. The lowest BCUT2D eigenvalue weighted by Crippen LogP contribution is -2.16. The van der Waals surface area contributed by atoms with Gasteiger partial charge in [0.1, 0.15) is 5.75 Å². The number of anilines is 2. The number of rotatable bonds is 4. The van der Waals surface area contributed by atoms with Crippen LogP contribution in [-0.4, -0.2) is 18.9 Å². The summed E-state index contributed by atoms with van der Waals surface area (Å²) in [6, 6.07) is 10.6. The van der Waals surface area contributed by atoms with Gasteiger partial charge in [-0.05, 0) is 37.3 Å². The van der Waals surface area contributed by atoms with Crippen molar-refractivity contribution < 1.29 is 14.3 Å². The first-order chi connectivity index (χ1) is 10.9. The van der Waals surface area contributed by atoms with E-state index < -0.39 is 0 Å². The zero-order chi connectivity index (χ0) is 17.0. The van der Waals surface area contributed by atoms with Gasteiger partial charge in [0.05, 0.1) is 24.0 Å². The SMILES string of the molecule is COc1ccc(C)cc1C(=O)Nc1cc(Br)ccc1NC(C)=O. The first kappa shape index (κ1) is 17.0. The number of hydrogen-bond acceptors (Lipinski definition) is 3. The van der Waals surface area contributed by atoms with Crippen LogP contribution in [0.25, 0.3) is 0 Å². The molecule has 0 saturated heterocycles. The minimum absolute atomic E-state index is 0.212. The van der Waals surface area contributed by atoms with Gasteiger partial charge in [-0.3, -0.25) is 9.59 Å². The van der Waals surface area contributed by atoms with Crippen molar-refractivity contribution in [1.29, 1.82) is 0 Å². The Hall–Kier alpha value is -2.34. The first-order valence-corrected chi connectivity index (χ1v) is 7.73. The van der Waals surface area contributed by atoms with Crippen molar-refractivity contribution in [1.82, 2.24) is 0 Å². The molecule has 2 aromatic carbocycles. The van der Waals surface area contributed by atoms with Crippen LogP contribution in [0.2, 0.25) is 0 Å². The lowest BCUT2D eigenvalue weighted by atomic mass is 10.1. The average Bonchev–Trinajstić information content (AvgIpc) is 2.49. The third kappa shape index (κ3) is 4.32. The summed E-state index contributed by atoms with van der Waals surface area (Å²) in [5.41, 5.74) is 2.41. The number of amides is 2. The molecule has 2 rings (SSSR count). The van der Waals surface area contributed by atoms with Crippen molar-refractivity contribution in [2.45, 2.75) is 13.8 Å². The second kappa shape index (κ2) is 7.28. The number of hydrogen-bond donors (Lipinski definition) is 2. The smallest absolute Gasteiger partial charge is 0.259 e. The van der Waals surface area contributed by atoms with Gasteiger partial charge in [0.25, 0.3) is 5.91 Å². The number of aryl methyl sites for hydroxylation is 1. The molecular weight excluding hydrogens is 360 g/mol. The Morgan fingerprint density at radius 2 is 1.78 bits per heavy atom. The van der Waals surface area contributed by atoms with E-state index in [1.807, 2.05) is 13.0 Å². The molecule has 0 aromatic heterocycles. The number of nitrogens with one attached hydrogen (secondary N) is 2.